The van der Waals surface area contributed by atoms with Gasteiger partial charge in [-0.2, -0.15) is 0 Å². The number of ether oxygens (including phenoxy) is 2. The molecule has 29 heavy (non-hydrogen) atoms. The summed E-state index contributed by atoms with van der Waals surface area (Å²) in [6, 6.07) is 20.2. The van der Waals surface area contributed by atoms with Crippen molar-refractivity contribution in [2.75, 3.05) is 12.1 Å². The molecule has 1 aliphatic carbocycles. The maximum atomic E-state index is 13.3. The molecule has 1 N–H and O–H groups in total. The molecular formula is C25H23NO3. The molecule has 0 radical (unpaired) electrons. The van der Waals surface area contributed by atoms with Crippen LogP contribution in [0.1, 0.15) is 29.5 Å². The molecule has 1 aliphatic heterocycles. The van der Waals surface area contributed by atoms with Crippen LogP contribution >= 0.6 is 0 Å². The Balaban J connectivity index is 1.44. The van der Waals surface area contributed by atoms with Crippen molar-refractivity contribution in [2.24, 2.45) is 0 Å². The summed E-state index contributed by atoms with van der Waals surface area (Å²) >= 11 is 0. The Morgan fingerprint density at radius 2 is 1.66 bits per heavy atom. The maximum absolute atomic E-state index is 13.3. The van der Waals surface area contributed by atoms with E-state index in [9.17, 15) is 4.79 Å². The zero-order valence-corrected chi connectivity index (χ0v) is 16.6. The van der Waals surface area contributed by atoms with Crippen molar-refractivity contribution in [3.05, 3.63) is 77.4 Å². The Labute approximate surface area is 170 Å². The summed E-state index contributed by atoms with van der Waals surface area (Å²) in [5, 5.41) is 3.20. The van der Waals surface area contributed by atoms with Crippen LogP contribution in [0.3, 0.4) is 0 Å². The fourth-order valence-electron chi connectivity index (χ4n) is 4.15. The van der Waals surface area contributed by atoms with Crippen molar-refractivity contribution < 1.29 is 14.3 Å². The van der Waals surface area contributed by atoms with Gasteiger partial charge in [0.15, 0.2) is 11.5 Å². The van der Waals surface area contributed by atoms with E-state index in [1.165, 1.54) is 11.1 Å². The maximum Gasteiger partial charge on any atom is 0.235 e. The Kier molecular flexibility index (Phi) is 4.09. The third-order valence-corrected chi connectivity index (χ3v) is 6.13. The number of aryl methyl sites for hydroxylation is 1. The molecule has 5 rings (SSSR count). The molecule has 1 saturated carbocycles. The van der Waals surface area contributed by atoms with E-state index in [2.05, 4.69) is 37.4 Å². The van der Waals surface area contributed by atoms with Crippen molar-refractivity contribution in [2.45, 2.75) is 32.1 Å². The number of hydrogen-bond acceptors (Lipinski definition) is 3. The van der Waals surface area contributed by atoms with Crippen LogP contribution in [0.4, 0.5) is 5.69 Å². The van der Waals surface area contributed by atoms with Crippen LogP contribution in [0.2, 0.25) is 0 Å². The summed E-state index contributed by atoms with van der Waals surface area (Å²) in [6.45, 7) is 4.42. The van der Waals surface area contributed by atoms with Crippen LogP contribution in [0.5, 0.6) is 11.5 Å². The molecule has 2 aliphatic rings. The van der Waals surface area contributed by atoms with E-state index in [0.29, 0.717) is 0 Å². The number of fused-ring (bicyclic) bond motifs is 1. The van der Waals surface area contributed by atoms with Gasteiger partial charge in [-0.05, 0) is 72.7 Å². The van der Waals surface area contributed by atoms with Crippen molar-refractivity contribution >= 4 is 11.6 Å². The number of rotatable bonds is 4. The molecule has 4 heteroatoms. The molecule has 0 aromatic heterocycles. The van der Waals surface area contributed by atoms with Crippen molar-refractivity contribution in [1.82, 2.24) is 0 Å². The topological polar surface area (TPSA) is 47.6 Å². The zero-order chi connectivity index (χ0) is 20.0. The molecule has 0 atom stereocenters. The molecule has 1 fully saturated rings. The highest BCUT2D eigenvalue weighted by molar-refractivity contribution is 6.02. The first kappa shape index (κ1) is 17.8. The summed E-state index contributed by atoms with van der Waals surface area (Å²) in [6.07, 6.45) is 1.68. The molecule has 146 valence electrons. The van der Waals surface area contributed by atoms with Crippen LogP contribution in [0.25, 0.3) is 11.1 Å². The molecule has 0 spiro atoms. The molecule has 0 unspecified atom stereocenters. The molecule has 1 heterocycles. The second-order valence-corrected chi connectivity index (χ2v) is 7.90. The van der Waals surface area contributed by atoms with Crippen LogP contribution in [-0.2, 0) is 10.2 Å². The SMILES string of the molecule is Cc1ccccc1-c1cccc(NC(=O)C2(c3ccc4c(c3)OCO4)CC2)c1C. The van der Waals surface area contributed by atoms with Gasteiger partial charge in [0, 0.05) is 5.69 Å². The first-order valence-corrected chi connectivity index (χ1v) is 9.96. The fraction of sp³-hybridized carbons (Fsp3) is 0.240. The Bertz CT molecular complexity index is 1110. The number of hydrogen-bond donors (Lipinski definition) is 1. The van der Waals surface area contributed by atoms with Crippen LogP contribution < -0.4 is 14.8 Å². The highest BCUT2D eigenvalue weighted by Gasteiger charge is 2.51. The zero-order valence-electron chi connectivity index (χ0n) is 16.6. The van der Waals surface area contributed by atoms with E-state index in [0.717, 1.165) is 46.7 Å². The molecular weight excluding hydrogens is 362 g/mol. The first-order valence-electron chi connectivity index (χ1n) is 9.96. The summed E-state index contributed by atoms with van der Waals surface area (Å²) in [4.78, 5) is 13.3. The van der Waals surface area contributed by atoms with Gasteiger partial charge in [-0.25, -0.2) is 0 Å². The standard InChI is InChI=1S/C25H23NO3/c1-16-6-3-4-7-19(16)20-8-5-9-21(17(20)2)26-24(27)25(12-13-25)18-10-11-22-23(14-18)29-15-28-22/h3-11,14H,12-13,15H2,1-2H3,(H,26,27). The van der Waals surface area contributed by atoms with Crippen molar-refractivity contribution in [1.29, 1.82) is 0 Å². The number of amides is 1. The summed E-state index contributed by atoms with van der Waals surface area (Å²) in [7, 11) is 0. The summed E-state index contributed by atoms with van der Waals surface area (Å²) in [5.74, 6) is 1.51. The average Bonchev–Trinajstić information content (AvgIpc) is 3.41. The van der Waals surface area contributed by atoms with Gasteiger partial charge in [0.25, 0.3) is 0 Å². The van der Waals surface area contributed by atoms with Gasteiger partial charge in [-0.1, -0.05) is 42.5 Å². The van der Waals surface area contributed by atoms with E-state index >= 15 is 0 Å². The molecule has 3 aromatic rings. The summed E-state index contributed by atoms with van der Waals surface area (Å²) < 4.78 is 10.9. The highest BCUT2D eigenvalue weighted by Crippen LogP contribution is 2.51. The number of anilines is 1. The Morgan fingerprint density at radius 1 is 0.897 bits per heavy atom. The third-order valence-electron chi connectivity index (χ3n) is 6.13. The lowest BCUT2D eigenvalue weighted by molar-refractivity contribution is -0.118. The normalized spacial score (nSPS) is 15.8. The third kappa shape index (κ3) is 2.96. The fourth-order valence-corrected chi connectivity index (χ4v) is 4.15. The van der Waals surface area contributed by atoms with Gasteiger partial charge in [-0.3, -0.25) is 4.79 Å². The number of benzene rings is 3. The van der Waals surface area contributed by atoms with Crippen molar-refractivity contribution in [3.8, 4) is 22.6 Å². The van der Waals surface area contributed by atoms with E-state index in [1.54, 1.807) is 0 Å². The quantitative estimate of drug-likeness (QED) is 0.657. The molecule has 0 saturated heterocycles. The van der Waals surface area contributed by atoms with Gasteiger partial charge in [0.05, 0.1) is 5.41 Å². The molecule has 4 nitrogen and oxygen atoms in total. The second kappa shape index (κ2) is 6.66. The lowest BCUT2D eigenvalue weighted by Crippen LogP contribution is -2.28. The van der Waals surface area contributed by atoms with Gasteiger partial charge in [-0.15, -0.1) is 0 Å². The van der Waals surface area contributed by atoms with E-state index < -0.39 is 5.41 Å². The van der Waals surface area contributed by atoms with Crippen LogP contribution in [0, 0.1) is 13.8 Å². The monoisotopic (exact) mass is 385 g/mol. The first-order chi connectivity index (χ1) is 14.1. The predicted octanol–water partition coefficient (Wildman–Crippen LogP) is 5.37. The van der Waals surface area contributed by atoms with Crippen molar-refractivity contribution in [3.63, 3.8) is 0 Å². The number of carbonyl (C=O) groups excluding carboxylic acids is 1. The minimum atomic E-state index is -0.480. The number of carbonyl (C=O) groups is 1. The van der Waals surface area contributed by atoms with Gasteiger partial charge in [0.2, 0.25) is 12.7 Å². The van der Waals surface area contributed by atoms with E-state index in [1.807, 2.05) is 42.5 Å². The Morgan fingerprint density at radius 3 is 2.45 bits per heavy atom. The minimum absolute atomic E-state index is 0.0430. The second-order valence-electron chi connectivity index (χ2n) is 7.90. The Hall–Kier alpha value is -3.27. The van der Waals surface area contributed by atoms with Gasteiger partial charge >= 0.3 is 0 Å². The summed E-state index contributed by atoms with van der Waals surface area (Å²) in [5.41, 5.74) is 6.02. The number of nitrogens with one attached hydrogen (secondary N) is 1. The molecule has 1 amide bonds. The van der Waals surface area contributed by atoms with Gasteiger partial charge in [0.1, 0.15) is 0 Å². The van der Waals surface area contributed by atoms with Crippen LogP contribution in [0.15, 0.2) is 60.7 Å². The highest BCUT2D eigenvalue weighted by atomic mass is 16.7. The van der Waals surface area contributed by atoms with E-state index in [4.69, 9.17) is 9.47 Å². The lowest BCUT2D eigenvalue weighted by Gasteiger charge is -2.19. The average molecular weight is 385 g/mol. The molecule has 3 aromatic carbocycles. The predicted molar refractivity (Wildman–Crippen MR) is 113 cm³/mol. The largest absolute Gasteiger partial charge is 0.454 e. The minimum Gasteiger partial charge on any atom is -0.454 e. The molecule has 0 bridgehead atoms. The lowest BCUT2D eigenvalue weighted by atomic mass is 9.93. The van der Waals surface area contributed by atoms with E-state index in [-0.39, 0.29) is 12.7 Å². The smallest absolute Gasteiger partial charge is 0.235 e. The van der Waals surface area contributed by atoms with Gasteiger partial charge < -0.3 is 14.8 Å². The van der Waals surface area contributed by atoms with Crippen LogP contribution in [-0.4, -0.2) is 12.7 Å².